The summed E-state index contributed by atoms with van der Waals surface area (Å²) >= 11 is 1.86. The lowest BCUT2D eigenvalue weighted by atomic mass is 10.1. The Hall–Kier alpha value is -3.00. The van der Waals surface area contributed by atoms with Crippen LogP contribution in [0.3, 0.4) is 0 Å². The fraction of sp³-hybridized carbons (Fsp3) is 0.250. The summed E-state index contributed by atoms with van der Waals surface area (Å²) < 4.78 is 0. The van der Waals surface area contributed by atoms with E-state index in [1.54, 1.807) is 0 Å². The zero-order valence-electron chi connectivity index (χ0n) is 15.3. The normalized spacial score (nSPS) is 14.1. The van der Waals surface area contributed by atoms with Gasteiger partial charge in [0.1, 0.15) is 0 Å². The summed E-state index contributed by atoms with van der Waals surface area (Å²) in [4.78, 5) is 26.6. The Morgan fingerprint density at radius 1 is 1.07 bits per heavy atom. The number of urea groups is 1. The number of nitrogens with zero attached hydrogens (tertiary/aromatic N) is 2. The van der Waals surface area contributed by atoms with Crippen LogP contribution < -0.4 is 10.6 Å². The Morgan fingerprint density at radius 2 is 1.86 bits per heavy atom. The third-order valence-corrected chi connectivity index (χ3v) is 5.52. The van der Waals surface area contributed by atoms with Crippen LogP contribution in [0, 0.1) is 0 Å². The molecule has 2 heterocycles. The van der Waals surface area contributed by atoms with E-state index in [1.165, 1.54) is 0 Å². The number of rotatable bonds is 4. The van der Waals surface area contributed by atoms with Gasteiger partial charge in [-0.05, 0) is 23.8 Å². The van der Waals surface area contributed by atoms with Gasteiger partial charge in [0.2, 0.25) is 5.91 Å². The molecule has 0 spiro atoms. The SMILES string of the molecule is O=C(Cc1ccccc1)Nc1n[nH]c2ccc(NC(=O)N3CCSCC3)cc12. The molecule has 1 saturated heterocycles. The summed E-state index contributed by atoms with van der Waals surface area (Å²) in [7, 11) is 0. The van der Waals surface area contributed by atoms with Crippen LogP contribution in [0.2, 0.25) is 0 Å². The Balaban J connectivity index is 1.46. The molecule has 1 fully saturated rings. The predicted molar refractivity (Wildman–Crippen MR) is 113 cm³/mol. The molecule has 7 nitrogen and oxygen atoms in total. The molecule has 0 atom stereocenters. The largest absolute Gasteiger partial charge is 0.323 e. The number of nitrogens with one attached hydrogen (secondary N) is 3. The quantitative estimate of drug-likeness (QED) is 0.632. The van der Waals surface area contributed by atoms with Crippen LogP contribution in [0.15, 0.2) is 48.5 Å². The van der Waals surface area contributed by atoms with E-state index >= 15 is 0 Å². The van der Waals surface area contributed by atoms with E-state index in [-0.39, 0.29) is 18.4 Å². The highest BCUT2D eigenvalue weighted by Gasteiger charge is 2.17. The smallest absolute Gasteiger partial charge is 0.321 e. The molecule has 3 aromatic rings. The second kappa shape index (κ2) is 8.35. The van der Waals surface area contributed by atoms with Crippen molar-refractivity contribution in [2.24, 2.45) is 0 Å². The van der Waals surface area contributed by atoms with Crippen molar-refractivity contribution in [2.45, 2.75) is 6.42 Å². The summed E-state index contributed by atoms with van der Waals surface area (Å²) in [5.41, 5.74) is 2.41. The van der Waals surface area contributed by atoms with Crippen LogP contribution in [0.5, 0.6) is 0 Å². The monoisotopic (exact) mass is 395 g/mol. The lowest BCUT2D eigenvalue weighted by molar-refractivity contribution is -0.115. The van der Waals surface area contributed by atoms with Gasteiger partial charge in [-0.25, -0.2) is 4.79 Å². The summed E-state index contributed by atoms with van der Waals surface area (Å²) in [6.45, 7) is 1.51. The first-order valence-corrected chi connectivity index (χ1v) is 10.3. The Bertz CT molecular complexity index is 983. The highest BCUT2D eigenvalue weighted by Crippen LogP contribution is 2.24. The number of anilines is 2. The first-order chi connectivity index (χ1) is 13.7. The van der Waals surface area contributed by atoms with E-state index in [2.05, 4.69) is 20.8 Å². The molecule has 0 bridgehead atoms. The minimum absolute atomic E-state index is 0.0993. The standard InChI is InChI=1S/C20H21N5O2S/c26-18(12-14-4-2-1-3-5-14)22-19-16-13-15(6-7-17(16)23-24-19)21-20(27)25-8-10-28-11-9-25/h1-7,13H,8-12H2,(H,21,27)(H2,22,23,24,26). The Labute approximate surface area is 166 Å². The molecule has 144 valence electrons. The van der Waals surface area contributed by atoms with Crippen molar-refractivity contribution in [3.05, 3.63) is 54.1 Å². The summed E-state index contributed by atoms with van der Waals surface area (Å²) in [5.74, 6) is 2.25. The molecule has 0 unspecified atom stereocenters. The highest BCUT2D eigenvalue weighted by molar-refractivity contribution is 7.99. The number of H-pyrrole nitrogens is 1. The number of benzene rings is 2. The van der Waals surface area contributed by atoms with Crippen molar-refractivity contribution in [3.8, 4) is 0 Å². The van der Waals surface area contributed by atoms with Gasteiger partial charge in [-0.3, -0.25) is 9.89 Å². The van der Waals surface area contributed by atoms with Crippen molar-refractivity contribution in [3.63, 3.8) is 0 Å². The topological polar surface area (TPSA) is 90.1 Å². The molecule has 0 saturated carbocycles. The summed E-state index contributed by atoms with van der Waals surface area (Å²) in [6, 6.07) is 14.9. The number of fused-ring (bicyclic) bond motifs is 1. The number of carbonyl (C=O) groups excluding carboxylic acids is 2. The zero-order chi connectivity index (χ0) is 19.3. The second-order valence-corrected chi connectivity index (χ2v) is 7.80. The molecule has 4 rings (SSSR count). The molecular formula is C20H21N5O2S. The number of amides is 3. The Kier molecular flexibility index (Phi) is 5.48. The maximum Gasteiger partial charge on any atom is 0.321 e. The average Bonchev–Trinajstić information content (AvgIpc) is 3.11. The summed E-state index contributed by atoms with van der Waals surface area (Å²) in [6.07, 6.45) is 0.276. The molecule has 1 aromatic heterocycles. The molecule has 3 amide bonds. The minimum Gasteiger partial charge on any atom is -0.323 e. The molecule has 1 aliphatic rings. The third kappa shape index (κ3) is 4.28. The fourth-order valence-electron chi connectivity index (χ4n) is 3.11. The molecule has 0 aliphatic carbocycles. The van der Waals surface area contributed by atoms with Crippen LogP contribution in [-0.4, -0.2) is 51.6 Å². The molecule has 1 aliphatic heterocycles. The van der Waals surface area contributed by atoms with Crippen molar-refractivity contribution in [1.82, 2.24) is 15.1 Å². The van der Waals surface area contributed by atoms with Crippen molar-refractivity contribution in [1.29, 1.82) is 0 Å². The molecular weight excluding hydrogens is 374 g/mol. The zero-order valence-corrected chi connectivity index (χ0v) is 16.1. The molecule has 0 radical (unpaired) electrons. The molecule has 8 heteroatoms. The first kappa shape index (κ1) is 18.4. The van der Waals surface area contributed by atoms with Crippen LogP contribution in [0.25, 0.3) is 10.9 Å². The van der Waals surface area contributed by atoms with Crippen molar-refractivity contribution < 1.29 is 9.59 Å². The van der Waals surface area contributed by atoms with Gasteiger partial charge in [0.15, 0.2) is 5.82 Å². The number of aromatic amines is 1. The van der Waals surface area contributed by atoms with Crippen LogP contribution in [0.1, 0.15) is 5.56 Å². The van der Waals surface area contributed by atoms with Crippen LogP contribution in [-0.2, 0) is 11.2 Å². The van der Waals surface area contributed by atoms with Crippen molar-refractivity contribution in [2.75, 3.05) is 35.2 Å². The van der Waals surface area contributed by atoms with E-state index in [0.29, 0.717) is 11.5 Å². The first-order valence-electron chi connectivity index (χ1n) is 9.14. The molecule has 3 N–H and O–H groups in total. The van der Waals surface area contributed by atoms with Crippen LogP contribution >= 0.6 is 11.8 Å². The predicted octanol–water partition coefficient (Wildman–Crippen LogP) is 3.32. The van der Waals surface area contributed by atoms with E-state index in [9.17, 15) is 9.59 Å². The lowest BCUT2D eigenvalue weighted by Crippen LogP contribution is -2.40. The van der Waals surface area contributed by atoms with E-state index in [1.807, 2.05) is 65.2 Å². The van der Waals surface area contributed by atoms with E-state index in [4.69, 9.17) is 0 Å². The number of aromatic nitrogens is 2. The van der Waals surface area contributed by atoms with E-state index in [0.717, 1.165) is 41.1 Å². The fourth-order valence-corrected chi connectivity index (χ4v) is 4.02. The average molecular weight is 395 g/mol. The number of hydrogen-bond acceptors (Lipinski definition) is 4. The maximum absolute atomic E-state index is 12.4. The van der Waals surface area contributed by atoms with Gasteiger partial charge in [0.25, 0.3) is 0 Å². The van der Waals surface area contributed by atoms with Gasteiger partial charge in [0, 0.05) is 35.7 Å². The van der Waals surface area contributed by atoms with Gasteiger partial charge in [-0.15, -0.1) is 0 Å². The van der Waals surface area contributed by atoms with Crippen LogP contribution in [0.4, 0.5) is 16.3 Å². The highest BCUT2D eigenvalue weighted by atomic mass is 32.2. The number of hydrogen-bond donors (Lipinski definition) is 3. The lowest BCUT2D eigenvalue weighted by Gasteiger charge is -2.26. The van der Waals surface area contributed by atoms with Gasteiger partial charge in [0.05, 0.1) is 11.9 Å². The number of thioether (sulfide) groups is 1. The van der Waals surface area contributed by atoms with Gasteiger partial charge in [-0.2, -0.15) is 16.9 Å². The Morgan fingerprint density at radius 3 is 2.64 bits per heavy atom. The minimum atomic E-state index is -0.139. The van der Waals surface area contributed by atoms with Gasteiger partial charge >= 0.3 is 6.03 Å². The van der Waals surface area contributed by atoms with Crippen molar-refractivity contribution >= 4 is 46.1 Å². The van der Waals surface area contributed by atoms with E-state index < -0.39 is 0 Å². The summed E-state index contributed by atoms with van der Waals surface area (Å²) in [5, 5.41) is 13.7. The number of carbonyl (C=O) groups is 2. The molecule has 28 heavy (non-hydrogen) atoms. The third-order valence-electron chi connectivity index (χ3n) is 4.58. The van der Waals surface area contributed by atoms with Gasteiger partial charge < -0.3 is 15.5 Å². The van der Waals surface area contributed by atoms with Gasteiger partial charge in [-0.1, -0.05) is 30.3 Å². The second-order valence-electron chi connectivity index (χ2n) is 6.57. The molecule has 2 aromatic carbocycles. The maximum atomic E-state index is 12.4.